The van der Waals surface area contributed by atoms with Crippen molar-refractivity contribution >= 4 is 5.91 Å². The second kappa shape index (κ2) is 5.83. The van der Waals surface area contributed by atoms with E-state index in [1.807, 2.05) is 23.1 Å². The van der Waals surface area contributed by atoms with E-state index >= 15 is 0 Å². The average Bonchev–Trinajstić information content (AvgIpc) is 2.53. The molecule has 1 atom stereocenters. The van der Waals surface area contributed by atoms with Crippen molar-refractivity contribution in [2.45, 2.75) is 32.2 Å². The lowest BCUT2D eigenvalue weighted by Gasteiger charge is -2.35. The second-order valence-corrected chi connectivity index (χ2v) is 5.41. The molecule has 0 N–H and O–H groups in total. The third kappa shape index (κ3) is 2.52. The number of carbonyl (C=O) groups is 1. The molecule has 0 spiro atoms. The van der Waals surface area contributed by atoms with E-state index < -0.39 is 0 Å². The fraction of sp³-hybridized carbons (Fsp3) is 0.562. The van der Waals surface area contributed by atoms with E-state index in [0.717, 1.165) is 42.7 Å². The van der Waals surface area contributed by atoms with E-state index in [1.54, 1.807) is 0 Å². The summed E-state index contributed by atoms with van der Waals surface area (Å²) in [7, 11) is 0. The second-order valence-electron chi connectivity index (χ2n) is 5.41. The fourth-order valence-corrected chi connectivity index (χ4v) is 2.92. The zero-order chi connectivity index (χ0) is 13.9. The van der Waals surface area contributed by atoms with Crippen molar-refractivity contribution < 1.29 is 14.3 Å². The Balaban J connectivity index is 1.82. The van der Waals surface area contributed by atoms with Crippen LogP contribution < -0.4 is 4.74 Å². The number of benzene rings is 1. The van der Waals surface area contributed by atoms with Crippen molar-refractivity contribution in [3.8, 4) is 5.75 Å². The highest BCUT2D eigenvalue weighted by molar-refractivity contribution is 5.95. The van der Waals surface area contributed by atoms with E-state index in [9.17, 15) is 4.79 Å². The number of carbonyl (C=O) groups excluding carboxylic acids is 1. The van der Waals surface area contributed by atoms with Crippen LogP contribution in [0.15, 0.2) is 18.2 Å². The number of fused-ring (bicyclic) bond motifs is 1. The Morgan fingerprint density at radius 3 is 3.15 bits per heavy atom. The van der Waals surface area contributed by atoms with Crippen LogP contribution in [0.3, 0.4) is 0 Å². The summed E-state index contributed by atoms with van der Waals surface area (Å²) in [6.07, 6.45) is 2.95. The Kier molecular flexibility index (Phi) is 3.92. The van der Waals surface area contributed by atoms with Crippen molar-refractivity contribution in [1.82, 2.24) is 4.90 Å². The van der Waals surface area contributed by atoms with Crippen LogP contribution >= 0.6 is 0 Å². The summed E-state index contributed by atoms with van der Waals surface area (Å²) in [4.78, 5) is 14.6. The maximum Gasteiger partial charge on any atom is 0.254 e. The number of rotatable bonds is 2. The number of morpholine rings is 1. The standard InChI is InChI=1S/C16H21NO3/c1-2-14-11-19-9-7-17(14)16(18)13-5-6-15-12(10-13)4-3-8-20-15/h5-6,10,14H,2-4,7-9,11H2,1H3/t14-/m0/s1. The first-order valence-corrected chi connectivity index (χ1v) is 7.44. The van der Waals surface area contributed by atoms with Crippen LogP contribution in [-0.4, -0.2) is 43.2 Å². The number of aryl methyl sites for hydroxylation is 1. The van der Waals surface area contributed by atoms with Gasteiger partial charge in [0.05, 0.1) is 25.9 Å². The van der Waals surface area contributed by atoms with Crippen molar-refractivity contribution in [2.75, 3.05) is 26.4 Å². The highest BCUT2D eigenvalue weighted by Gasteiger charge is 2.27. The molecule has 2 aliphatic rings. The first kappa shape index (κ1) is 13.4. The molecule has 108 valence electrons. The van der Waals surface area contributed by atoms with Crippen LogP contribution in [0.1, 0.15) is 35.7 Å². The molecule has 3 rings (SSSR count). The maximum absolute atomic E-state index is 12.7. The predicted octanol–water partition coefficient (Wildman–Crippen LogP) is 2.26. The van der Waals surface area contributed by atoms with E-state index in [1.165, 1.54) is 0 Å². The summed E-state index contributed by atoms with van der Waals surface area (Å²) in [5.74, 6) is 1.05. The topological polar surface area (TPSA) is 38.8 Å². The molecule has 0 saturated carbocycles. The first-order chi connectivity index (χ1) is 9.79. The van der Waals surface area contributed by atoms with Gasteiger partial charge in [0.25, 0.3) is 5.91 Å². The first-order valence-electron chi connectivity index (χ1n) is 7.44. The zero-order valence-corrected chi connectivity index (χ0v) is 11.9. The SMILES string of the molecule is CC[C@H]1COCCN1C(=O)c1ccc2c(c1)CCCO2. The van der Waals surface area contributed by atoms with Crippen molar-refractivity contribution in [2.24, 2.45) is 0 Å². The highest BCUT2D eigenvalue weighted by atomic mass is 16.5. The fourth-order valence-electron chi connectivity index (χ4n) is 2.92. The lowest BCUT2D eigenvalue weighted by Crippen LogP contribution is -2.48. The molecule has 1 aromatic rings. The zero-order valence-electron chi connectivity index (χ0n) is 11.9. The third-order valence-electron chi connectivity index (χ3n) is 4.12. The van der Waals surface area contributed by atoms with Gasteiger partial charge in [-0.15, -0.1) is 0 Å². The lowest BCUT2D eigenvalue weighted by molar-refractivity contribution is -0.00280. The summed E-state index contributed by atoms with van der Waals surface area (Å²) in [6.45, 7) is 4.85. The molecule has 1 amide bonds. The Hall–Kier alpha value is -1.55. The molecular formula is C16H21NO3. The molecule has 1 aromatic carbocycles. The highest BCUT2D eigenvalue weighted by Crippen LogP contribution is 2.26. The summed E-state index contributed by atoms with van der Waals surface area (Å²) >= 11 is 0. The number of hydrogen-bond donors (Lipinski definition) is 0. The van der Waals surface area contributed by atoms with Gasteiger partial charge in [-0.3, -0.25) is 4.79 Å². The van der Waals surface area contributed by atoms with Crippen LogP contribution in [0.2, 0.25) is 0 Å². The van der Waals surface area contributed by atoms with Gasteiger partial charge < -0.3 is 14.4 Å². The van der Waals surface area contributed by atoms with Gasteiger partial charge in [0, 0.05) is 12.1 Å². The van der Waals surface area contributed by atoms with Crippen LogP contribution in [-0.2, 0) is 11.2 Å². The molecule has 0 bridgehead atoms. The normalized spacial score (nSPS) is 22.1. The van der Waals surface area contributed by atoms with Crippen molar-refractivity contribution in [3.63, 3.8) is 0 Å². The number of hydrogen-bond acceptors (Lipinski definition) is 3. The molecule has 1 saturated heterocycles. The summed E-state index contributed by atoms with van der Waals surface area (Å²) in [5.41, 5.74) is 1.93. The molecule has 20 heavy (non-hydrogen) atoms. The molecular weight excluding hydrogens is 254 g/mol. The van der Waals surface area contributed by atoms with Gasteiger partial charge in [-0.25, -0.2) is 0 Å². The van der Waals surface area contributed by atoms with Crippen LogP contribution in [0.25, 0.3) is 0 Å². The smallest absolute Gasteiger partial charge is 0.254 e. The quantitative estimate of drug-likeness (QED) is 0.831. The van der Waals surface area contributed by atoms with E-state index in [4.69, 9.17) is 9.47 Å². The van der Waals surface area contributed by atoms with Crippen molar-refractivity contribution in [3.05, 3.63) is 29.3 Å². The van der Waals surface area contributed by atoms with Gasteiger partial charge >= 0.3 is 0 Å². The van der Waals surface area contributed by atoms with E-state index in [-0.39, 0.29) is 11.9 Å². The molecule has 1 fully saturated rings. The predicted molar refractivity (Wildman–Crippen MR) is 76.2 cm³/mol. The van der Waals surface area contributed by atoms with Crippen molar-refractivity contribution in [1.29, 1.82) is 0 Å². The molecule has 4 heteroatoms. The number of nitrogens with zero attached hydrogens (tertiary/aromatic N) is 1. The average molecular weight is 275 g/mol. The van der Waals surface area contributed by atoms with Crippen LogP contribution in [0.5, 0.6) is 5.75 Å². The molecule has 4 nitrogen and oxygen atoms in total. The summed E-state index contributed by atoms with van der Waals surface area (Å²) < 4.78 is 11.1. The molecule has 0 aliphatic carbocycles. The Bertz CT molecular complexity index is 500. The minimum Gasteiger partial charge on any atom is -0.493 e. The Labute approximate surface area is 119 Å². The van der Waals surface area contributed by atoms with Crippen LogP contribution in [0.4, 0.5) is 0 Å². The lowest BCUT2D eigenvalue weighted by atomic mass is 10.0. The Morgan fingerprint density at radius 1 is 1.40 bits per heavy atom. The number of amides is 1. The minimum atomic E-state index is 0.119. The molecule has 2 aliphatic heterocycles. The van der Waals surface area contributed by atoms with Gasteiger partial charge in [0.1, 0.15) is 5.75 Å². The molecule has 0 aromatic heterocycles. The van der Waals surface area contributed by atoms with E-state index in [2.05, 4.69) is 6.92 Å². The largest absolute Gasteiger partial charge is 0.493 e. The van der Waals surface area contributed by atoms with Crippen LogP contribution in [0, 0.1) is 0 Å². The molecule has 0 radical (unpaired) electrons. The van der Waals surface area contributed by atoms with Gasteiger partial charge in [-0.1, -0.05) is 6.92 Å². The minimum absolute atomic E-state index is 0.119. The monoisotopic (exact) mass is 275 g/mol. The number of ether oxygens (including phenoxy) is 2. The van der Waals surface area contributed by atoms with Gasteiger partial charge in [0.15, 0.2) is 0 Å². The Morgan fingerprint density at radius 2 is 2.30 bits per heavy atom. The molecule has 0 unspecified atom stereocenters. The van der Waals surface area contributed by atoms with Gasteiger partial charge in [-0.2, -0.15) is 0 Å². The summed E-state index contributed by atoms with van der Waals surface area (Å²) in [5, 5.41) is 0. The molecule has 2 heterocycles. The van der Waals surface area contributed by atoms with Gasteiger partial charge in [0.2, 0.25) is 0 Å². The van der Waals surface area contributed by atoms with Gasteiger partial charge in [-0.05, 0) is 43.0 Å². The summed E-state index contributed by atoms with van der Waals surface area (Å²) in [6, 6.07) is 6.01. The third-order valence-corrected chi connectivity index (χ3v) is 4.12. The maximum atomic E-state index is 12.7. The van der Waals surface area contributed by atoms with E-state index in [0.29, 0.717) is 19.8 Å².